The number of nitrogens with two attached hydrogens (primary N) is 2. The highest BCUT2D eigenvalue weighted by atomic mass is 32.2. The second-order valence-corrected chi connectivity index (χ2v) is 5.68. The Kier molecular flexibility index (Phi) is 7.85. The summed E-state index contributed by atoms with van der Waals surface area (Å²) in [5, 5.41) is 3.49. The minimum atomic E-state index is -0.931. The van der Waals surface area contributed by atoms with Gasteiger partial charge in [0.25, 0.3) is 0 Å². The van der Waals surface area contributed by atoms with Gasteiger partial charge in [0.2, 0.25) is 17.7 Å². The van der Waals surface area contributed by atoms with E-state index in [-0.39, 0.29) is 11.7 Å². The van der Waals surface area contributed by atoms with Crippen LogP contribution in [0.3, 0.4) is 0 Å². The van der Waals surface area contributed by atoms with Gasteiger partial charge in [0.1, 0.15) is 0 Å². The van der Waals surface area contributed by atoms with E-state index in [4.69, 9.17) is 11.5 Å². The zero-order chi connectivity index (χ0) is 15.9. The van der Waals surface area contributed by atoms with E-state index >= 15 is 0 Å². The zero-order valence-electron chi connectivity index (χ0n) is 11.6. The van der Waals surface area contributed by atoms with Crippen LogP contribution in [0.15, 0.2) is 0 Å². The fraction of sp³-hybridized carbons (Fsp3) is 0.636. The van der Waals surface area contributed by atoms with Crippen molar-refractivity contribution in [3.8, 4) is 0 Å². The molecule has 1 unspecified atom stereocenters. The van der Waals surface area contributed by atoms with Crippen LogP contribution in [0.2, 0.25) is 0 Å². The van der Waals surface area contributed by atoms with Crippen molar-refractivity contribution in [2.24, 2.45) is 17.4 Å². The maximum absolute atomic E-state index is 11.7. The molecule has 0 saturated carbocycles. The average molecular weight is 304 g/mol. The molecule has 114 valence electrons. The van der Waals surface area contributed by atoms with Gasteiger partial charge in [-0.2, -0.15) is 0 Å². The molecule has 0 aliphatic carbocycles. The molecular formula is C11H20N4O4S. The lowest BCUT2D eigenvalue weighted by atomic mass is 10.1. The van der Waals surface area contributed by atoms with Gasteiger partial charge in [0.15, 0.2) is 0 Å². The van der Waals surface area contributed by atoms with Crippen LogP contribution in [0, 0.1) is 5.92 Å². The van der Waals surface area contributed by atoms with E-state index in [0.717, 1.165) is 11.8 Å². The summed E-state index contributed by atoms with van der Waals surface area (Å²) in [5.74, 6) is -1.59. The Morgan fingerprint density at radius 1 is 1.10 bits per heavy atom. The number of imide groups is 2. The van der Waals surface area contributed by atoms with Crippen LogP contribution in [0.1, 0.15) is 20.8 Å². The molecule has 0 aromatic carbocycles. The summed E-state index contributed by atoms with van der Waals surface area (Å²) in [6.45, 7) is 4.79. The third-order valence-electron chi connectivity index (χ3n) is 2.20. The van der Waals surface area contributed by atoms with Crippen LogP contribution in [-0.4, -0.2) is 40.8 Å². The van der Waals surface area contributed by atoms with Crippen molar-refractivity contribution in [2.45, 2.75) is 32.1 Å². The van der Waals surface area contributed by atoms with E-state index in [0.29, 0.717) is 0 Å². The first-order valence-corrected chi connectivity index (χ1v) is 6.99. The van der Waals surface area contributed by atoms with Gasteiger partial charge in [-0.1, -0.05) is 13.8 Å². The van der Waals surface area contributed by atoms with Crippen molar-refractivity contribution in [2.75, 3.05) is 5.75 Å². The number of primary amides is 1. The van der Waals surface area contributed by atoms with E-state index < -0.39 is 35.0 Å². The molecule has 9 heteroatoms. The van der Waals surface area contributed by atoms with E-state index in [1.54, 1.807) is 13.8 Å². The van der Waals surface area contributed by atoms with Crippen molar-refractivity contribution in [1.29, 1.82) is 0 Å². The summed E-state index contributed by atoms with van der Waals surface area (Å²) in [6, 6.07) is -1.86. The average Bonchev–Trinajstić information content (AvgIpc) is 2.26. The SMILES string of the molecule is CC(=O)NC(=O)[C@@H](N)CSC(C(=O)NC(N)=O)C(C)C. The number of hydrogen-bond acceptors (Lipinski definition) is 6. The summed E-state index contributed by atoms with van der Waals surface area (Å²) in [4.78, 5) is 44.5. The van der Waals surface area contributed by atoms with Gasteiger partial charge < -0.3 is 11.5 Å². The number of nitrogens with one attached hydrogen (secondary N) is 2. The second kappa shape index (κ2) is 8.54. The molecule has 0 fully saturated rings. The first-order valence-electron chi connectivity index (χ1n) is 5.94. The largest absolute Gasteiger partial charge is 0.351 e. The van der Waals surface area contributed by atoms with Crippen molar-refractivity contribution >= 4 is 35.5 Å². The maximum atomic E-state index is 11.7. The molecular weight excluding hydrogens is 284 g/mol. The highest BCUT2D eigenvalue weighted by Gasteiger charge is 2.26. The summed E-state index contributed by atoms with van der Waals surface area (Å²) in [6.07, 6.45) is 0. The fourth-order valence-corrected chi connectivity index (χ4v) is 2.47. The molecule has 6 N–H and O–H groups in total. The lowest BCUT2D eigenvalue weighted by Gasteiger charge is -2.20. The number of thioether (sulfide) groups is 1. The number of rotatable bonds is 6. The molecule has 20 heavy (non-hydrogen) atoms. The van der Waals surface area contributed by atoms with E-state index in [2.05, 4.69) is 5.32 Å². The molecule has 5 amide bonds. The summed E-state index contributed by atoms with van der Waals surface area (Å²) < 4.78 is 0. The molecule has 0 saturated heterocycles. The lowest BCUT2D eigenvalue weighted by Crippen LogP contribution is -2.46. The molecule has 8 nitrogen and oxygen atoms in total. The molecule has 2 atom stereocenters. The molecule has 0 rings (SSSR count). The van der Waals surface area contributed by atoms with Gasteiger partial charge >= 0.3 is 6.03 Å². The maximum Gasteiger partial charge on any atom is 0.318 e. The van der Waals surface area contributed by atoms with Crippen LogP contribution >= 0.6 is 11.8 Å². The number of urea groups is 1. The molecule has 0 heterocycles. The minimum absolute atomic E-state index is 0.0811. The third kappa shape index (κ3) is 7.10. The van der Waals surface area contributed by atoms with Crippen LogP contribution in [0.25, 0.3) is 0 Å². The first kappa shape index (κ1) is 18.4. The normalized spacial score (nSPS) is 13.4. The van der Waals surface area contributed by atoms with Gasteiger partial charge in [0.05, 0.1) is 11.3 Å². The summed E-state index contributed by atoms with van der Waals surface area (Å²) >= 11 is 1.13. The Hall–Kier alpha value is -1.61. The molecule has 0 bridgehead atoms. The van der Waals surface area contributed by atoms with Gasteiger partial charge in [0, 0.05) is 12.7 Å². The predicted molar refractivity (Wildman–Crippen MR) is 75.6 cm³/mol. The molecule has 0 radical (unpaired) electrons. The Bertz CT molecular complexity index is 400. The quantitative estimate of drug-likeness (QED) is 0.491. The van der Waals surface area contributed by atoms with Crippen molar-refractivity contribution in [1.82, 2.24) is 10.6 Å². The van der Waals surface area contributed by atoms with Gasteiger partial charge in [-0.15, -0.1) is 11.8 Å². The fourth-order valence-electron chi connectivity index (χ4n) is 1.31. The van der Waals surface area contributed by atoms with Crippen molar-refractivity contribution in [3.05, 3.63) is 0 Å². The molecule has 0 aliphatic rings. The number of amides is 5. The van der Waals surface area contributed by atoms with Gasteiger partial charge in [-0.25, -0.2) is 4.79 Å². The Morgan fingerprint density at radius 2 is 1.65 bits per heavy atom. The molecule has 0 spiro atoms. The Morgan fingerprint density at radius 3 is 2.05 bits per heavy atom. The molecule has 0 aromatic rings. The highest BCUT2D eigenvalue weighted by Crippen LogP contribution is 2.20. The predicted octanol–water partition coefficient (Wildman–Crippen LogP) is -1.07. The van der Waals surface area contributed by atoms with Crippen molar-refractivity contribution < 1.29 is 19.2 Å². The van der Waals surface area contributed by atoms with E-state index in [1.165, 1.54) is 6.92 Å². The highest BCUT2D eigenvalue weighted by molar-refractivity contribution is 8.00. The van der Waals surface area contributed by atoms with E-state index in [9.17, 15) is 19.2 Å². The van der Waals surface area contributed by atoms with Gasteiger partial charge in [-0.05, 0) is 5.92 Å². The standard InChI is InChI=1S/C11H20N4O4S/c1-5(2)8(10(18)15-11(13)19)20-4-7(12)9(17)14-6(3)16/h5,7-8H,4,12H2,1-3H3,(H,14,16,17)(H3,13,15,18,19)/t7-,8?/m0/s1. The topological polar surface area (TPSA) is 144 Å². The Labute approximate surface area is 121 Å². The minimum Gasteiger partial charge on any atom is -0.351 e. The first-order chi connectivity index (χ1) is 9.15. The lowest BCUT2D eigenvalue weighted by molar-refractivity contribution is -0.129. The summed E-state index contributed by atoms with van der Waals surface area (Å²) in [7, 11) is 0. The van der Waals surface area contributed by atoms with Crippen molar-refractivity contribution in [3.63, 3.8) is 0 Å². The number of carbonyl (C=O) groups excluding carboxylic acids is 4. The number of hydrogen-bond donors (Lipinski definition) is 4. The zero-order valence-corrected chi connectivity index (χ0v) is 12.5. The monoisotopic (exact) mass is 304 g/mol. The van der Waals surface area contributed by atoms with E-state index in [1.807, 2.05) is 5.32 Å². The molecule has 0 aromatic heterocycles. The van der Waals surface area contributed by atoms with Crippen LogP contribution < -0.4 is 22.1 Å². The smallest absolute Gasteiger partial charge is 0.318 e. The number of carbonyl (C=O) groups is 4. The third-order valence-corrected chi connectivity index (χ3v) is 3.87. The van der Waals surface area contributed by atoms with Crippen LogP contribution in [-0.2, 0) is 14.4 Å². The van der Waals surface area contributed by atoms with Crippen LogP contribution in [0.5, 0.6) is 0 Å². The Balaban J connectivity index is 4.48. The molecule has 0 aliphatic heterocycles. The summed E-state index contributed by atoms with van der Waals surface area (Å²) in [5.41, 5.74) is 10.5. The second-order valence-electron chi connectivity index (χ2n) is 4.50. The van der Waals surface area contributed by atoms with Crippen LogP contribution in [0.4, 0.5) is 4.79 Å². The van der Waals surface area contributed by atoms with Gasteiger partial charge in [-0.3, -0.25) is 25.0 Å².